The number of urea groups is 1. The number of amides is 3. The number of hydrogen-bond acceptors (Lipinski definition) is 6. The van der Waals surface area contributed by atoms with Crippen LogP contribution in [0.5, 0.6) is 0 Å². The van der Waals surface area contributed by atoms with E-state index < -0.39 is 21.2 Å². The van der Waals surface area contributed by atoms with Gasteiger partial charge in [0.25, 0.3) is 0 Å². The largest absolute Gasteiger partial charge is 0.327 e. The quantitative estimate of drug-likeness (QED) is 0.560. The van der Waals surface area contributed by atoms with Crippen LogP contribution in [0.2, 0.25) is 0 Å². The molecular weight excluding hydrogens is 456 g/mol. The first-order valence-electron chi connectivity index (χ1n) is 12.9. The van der Waals surface area contributed by atoms with Gasteiger partial charge >= 0.3 is 6.03 Å². The number of fused-ring (bicyclic) bond motifs is 1. The number of carbonyl (C=O) groups excluding carboxylic acids is 2. The van der Waals surface area contributed by atoms with Crippen LogP contribution in [0.4, 0.5) is 4.79 Å². The van der Waals surface area contributed by atoms with E-state index in [2.05, 4.69) is 24.0 Å². The Morgan fingerprint density at radius 2 is 1.79 bits per heavy atom. The summed E-state index contributed by atoms with van der Waals surface area (Å²) >= 11 is 0. The third-order valence-corrected chi connectivity index (χ3v) is 10.7. The van der Waals surface area contributed by atoms with E-state index in [1.807, 2.05) is 18.7 Å². The lowest BCUT2D eigenvalue weighted by Crippen LogP contribution is -2.66. The second-order valence-corrected chi connectivity index (χ2v) is 14.6. The predicted octanol–water partition coefficient (Wildman–Crippen LogP) is 2.38. The lowest BCUT2D eigenvalue weighted by molar-refractivity contribution is -0.143. The molecule has 10 heteroatoms. The van der Waals surface area contributed by atoms with Crippen LogP contribution in [0, 0.1) is 17.3 Å². The maximum atomic E-state index is 13.6. The standard InChI is InChI=1S/C24H40N4O5S/c1-15-9-17(33-25-15)14-28-21(29)19-10-18(34(31,32)26-24(4)7-8-24)5-6-20(19)27(22(28)30)13-16-11-23(2,3)12-16/h15-20,25-26H,5-14H2,1-4H3. The molecular formula is C24H40N4O5S. The Morgan fingerprint density at radius 3 is 2.38 bits per heavy atom. The highest BCUT2D eigenvalue weighted by molar-refractivity contribution is 7.90. The van der Waals surface area contributed by atoms with Gasteiger partial charge in [-0.25, -0.2) is 17.9 Å². The SMILES string of the molecule is CC1CC(CN2C(=O)C3CC(S(=O)(=O)NC4(C)CC4)CCC3N(CC3CC(C)(C)C3)C2=O)ON1. The molecule has 34 heavy (non-hydrogen) atoms. The molecule has 2 heterocycles. The molecule has 5 aliphatic rings. The van der Waals surface area contributed by atoms with Crippen molar-refractivity contribution in [1.82, 2.24) is 20.0 Å². The number of carbonyl (C=O) groups is 2. The lowest BCUT2D eigenvalue weighted by atomic mass is 9.64. The average Bonchev–Trinajstić information content (AvgIpc) is 3.30. The minimum Gasteiger partial charge on any atom is -0.320 e. The van der Waals surface area contributed by atoms with Crippen LogP contribution in [0.25, 0.3) is 0 Å². The average molecular weight is 497 g/mol. The summed E-state index contributed by atoms with van der Waals surface area (Å²) in [5.41, 5.74) is 2.89. The molecule has 2 N–H and O–H groups in total. The van der Waals surface area contributed by atoms with Gasteiger partial charge in [-0.1, -0.05) is 13.8 Å². The molecule has 0 bridgehead atoms. The van der Waals surface area contributed by atoms with E-state index in [4.69, 9.17) is 4.84 Å². The molecule has 2 saturated heterocycles. The van der Waals surface area contributed by atoms with Crippen molar-refractivity contribution in [2.24, 2.45) is 17.3 Å². The number of nitrogens with one attached hydrogen (secondary N) is 2. The van der Waals surface area contributed by atoms with Gasteiger partial charge in [0.05, 0.1) is 23.8 Å². The van der Waals surface area contributed by atoms with Crippen LogP contribution >= 0.6 is 0 Å². The fourth-order valence-electron chi connectivity index (χ4n) is 6.65. The molecule has 5 atom stereocenters. The van der Waals surface area contributed by atoms with Gasteiger partial charge in [0.2, 0.25) is 15.9 Å². The summed E-state index contributed by atoms with van der Waals surface area (Å²) in [6.07, 6.45) is 5.61. The van der Waals surface area contributed by atoms with Crippen molar-refractivity contribution in [1.29, 1.82) is 0 Å². The van der Waals surface area contributed by atoms with E-state index in [0.717, 1.165) is 32.1 Å². The molecule has 0 aromatic carbocycles. The highest BCUT2D eigenvalue weighted by Gasteiger charge is 2.53. The van der Waals surface area contributed by atoms with Crippen LogP contribution in [-0.2, 0) is 19.7 Å². The van der Waals surface area contributed by atoms with Crippen molar-refractivity contribution >= 4 is 22.0 Å². The minimum absolute atomic E-state index is 0.167. The van der Waals surface area contributed by atoms with Gasteiger partial charge in [-0.3, -0.25) is 14.5 Å². The van der Waals surface area contributed by atoms with Gasteiger partial charge in [0, 0.05) is 24.2 Å². The van der Waals surface area contributed by atoms with Crippen molar-refractivity contribution in [2.75, 3.05) is 13.1 Å². The zero-order valence-electron chi connectivity index (χ0n) is 20.9. The molecule has 0 spiro atoms. The van der Waals surface area contributed by atoms with Crippen LogP contribution in [0.15, 0.2) is 0 Å². The third-order valence-electron chi connectivity index (χ3n) is 8.63. The zero-order valence-corrected chi connectivity index (χ0v) is 21.7. The molecule has 3 aliphatic carbocycles. The fraction of sp³-hybridized carbons (Fsp3) is 0.917. The number of hydroxylamine groups is 1. The van der Waals surface area contributed by atoms with Gasteiger partial charge in [0.15, 0.2) is 0 Å². The highest BCUT2D eigenvalue weighted by atomic mass is 32.2. The van der Waals surface area contributed by atoms with E-state index in [1.165, 1.54) is 4.90 Å². The van der Waals surface area contributed by atoms with E-state index in [1.54, 1.807) is 0 Å². The predicted molar refractivity (Wildman–Crippen MR) is 127 cm³/mol. The lowest BCUT2D eigenvalue weighted by Gasteiger charge is -2.52. The van der Waals surface area contributed by atoms with Crippen LogP contribution in [0.1, 0.15) is 79.1 Å². The Bertz CT molecular complexity index is 941. The Kier molecular flexibility index (Phi) is 6.06. The van der Waals surface area contributed by atoms with E-state index >= 15 is 0 Å². The second kappa shape index (κ2) is 8.42. The zero-order chi connectivity index (χ0) is 24.5. The molecule has 5 rings (SSSR count). The molecule has 2 aliphatic heterocycles. The van der Waals surface area contributed by atoms with Crippen LogP contribution in [0.3, 0.4) is 0 Å². The number of sulfonamides is 1. The Labute approximate surface area is 203 Å². The van der Waals surface area contributed by atoms with E-state index in [-0.39, 0.29) is 48.6 Å². The monoisotopic (exact) mass is 496 g/mol. The summed E-state index contributed by atoms with van der Waals surface area (Å²) in [5.74, 6) is -0.294. The fourth-order valence-corrected chi connectivity index (χ4v) is 8.62. The number of nitrogens with zero attached hydrogens (tertiary/aromatic N) is 2. The van der Waals surface area contributed by atoms with Crippen LogP contribution in [-0.4, -0.2) is 72.2 Å². The molecule has 0 radical (unpaired) electrons. The molecule has 192 valence electrons. The summed E-state index contributed by atoms with van der Waals surface area (Å²) in [6.45, 7) is 9.27. The summed E-state index contributed by atoms with van der Waals surface area (Å²) in [4.78, 5) is 36.1. The third kappa shape index (κ3) is 4.75. The normalized spacial score (nSPS) is 37.5. The van der Waals surface area contributed by atoms with E-state index in [0.29, 0.717) is 30.7 Å². The molecule has 5 fully saturated rings. The van der Waals surface area contributed by atoms with E-state index in [9.17, 15) is 18.0 Å². The van der Waals surface area contributed by atoms with Crippen molar-refractivity contribution in [3.63, 3.8) is 0 Å². The minimum atomic E-state index is -3.52. The number of rotatable bonds is 7. The molecule has 5 unspecified atom stereocenters. The second-order valence-electron chi connectivity index (χ2n) is 12.6. The summed E-state index contributed by atoms with van der Waals surface area (Å²) in [7, 11) is -3.52. The van der Waals surface area contributed by atoms with Gasteiger partial charge in [0.1, 0.15) is 0 Å². The first-order valence-corrected chi connectivity index (χ1v) is 14.5. The van der Waals surface area contributed by atoms with Crippen molar-refractivity contribution < 1.29 is 22.8 Å². The first kappa shape index (κ1) is 24.5. The molecule has 3 saturated carbocycles. The number of hydrogen-bond donors (Lipinski definition) is 2. The topological polar surface area (TPSA) is 108 Å². The van der Waals surface area contributed by atoms with Crippen molar-refractivity contribution in [3.8, 4) is 0 Å². The molecule has 9 nitrogen and oxygen atoms in total. The molecule has 0 aromatic rings. The van der Waals surface area contributed by atoms with Gasteiger partial charge in [-0.05, 0) is 76.5 Å². The van der Waals surface area contributed by atoms with Gasteiger partial charge in [-0.15, -0.1) is 0 Å². The van der Waals surface area contributed by atoms with Crippen LogP contribution < -0.4 is 10.2 Å². The van der Waals surface area contributed by atoms with Gasteiger partial charge in [-0.2, -0.15) is 5.48 Å². The highest BCUT2D eigenvalue weighted by Crippen LogP contribution is 2.47. The Balaban J connectivity index is 1.35. The summed E-state index contributed by atoms with van der Waals surface area (Å²) < 4.78 is 29.1. The summed E-state index contributed by atoms with van der Waals surface area (Å²) in [5, 5.41) is -0.598. The van der Waals surface area contributed by atoms with Crippen molar-refractivity contribution in [2.45, 2.75) is 108 Å². The molecule has 3 amide bonds. The maximum absolute atomic E-state index is 13.6. The summed E-state index contributed by atoms with van der Waals surface area (Å²) in [6, 6.07) is -0.284. The smallest absolute Gasteiger partial charge is 0.320 e. The van der Waals surface area contributed by atoms with Crippen molar-refractivity contribution in [3.05, 3.63) is 0 Å². The van der Waals surface area contributed by atoms with Gasteiger partial charge < -0.3 is 4.90 Å². The number of imide groups is 1. The maximum Gasteiger partial charge on any atom is 0.327 e. The molecule has 0 aromatic heterocycles. The Hall–Kier alpha value is -1.23. The first-order chi connectivity index (χ1) is 15.9. The Morgan fingerprint density at radius 1 is 1.09 bits per heavy atom.